The highest BCUT2D eigenvalue weighted by atomic mass is 32.1. The molecule has 2 aliphatic heterocycles. The molecule has 1 fully saturated rings. The van der Waals surface area contributed by atoms with Crippen molar-refractivity contribution in [2.45, 2.75) is 31.2 Å². The van der Waals surface area contributed by atoms with Crippen LogP contribution < -0.4 is 10.2 Å². The molecule has 10 heteroatoms. The van der Waals surface area contributed by atoms with E-state index in [1.807, 2.05) is 0 Å². The zero-order valence-corrected chi connectivity index (χ0v) is 14.9. The number of allylic oxidation sites excluding steroid dienone is 1. The van der Waals surface area contributed by atoms with Crippen LogP contribution in [0, 0.1) is 0 Å². The molecule has 2 heterocycles. The number of thiocarbonyl (C=S) groups is 1. The summed E-state index contributed by atoms with van der Waals surface area (Å²) in [7, 11) is 0. The standard InChI is InChI=1S/C17H17F4N3O2S/c18-12-7-23(16(25)26)5-4-14(12)22-13-2-1-3-15-11(13)6-10(8-27)24(15)9-17(19,20)21/h1-3,12,14,22H,4-7,9H2,(H,25,26)/t12-,14+/m0/s1. The molecule has 1 aromatic carbocycles. The van der Waals surface area contributed by atoms with Crippen molar-refractivity contribution in [2.75, 3.05) is 29.9 Å². The minimum Gasteiger partial charge on any atom is -0.465 e. The summed E-state index contributed by atoms with van der Waals surface area (Å²) in [5.74, 6) is 0. The molecule has 0 aliphatic carbocycles. The third-order valence-corrected chi connectivity index (χ3v) is 4.96. The van der Waals surface area contributed by atoms with Crippen molar-refractivity contribution in [2.24, 2.45) is 0 Å². The SMILES string of the molecule is O=C(O)N1CC[C@@H](Nc2cccc3c2CC(=C=S)N3CC(F)(F)F)[C@@H](F)C1. The Kier molecular flexibility index (Phi) is 5.30. The van der Waals surface area contributed by atoms with Gasteiger partial charge in [-0.1, -0.05) is 6.07 Å². The van der Waals surface area contributed by atoms with E-state index >= 15 is 0 Å². The fraction of sp³-hybridized carbons (Fsp3) is 0.471. The highest BCUT2D eigenvalue weighted by Crippen LogP contribution is 2.40. The van der Waals surface area contributed by atoms with Crippen LogP contribution >= 0.6 is 12.2 Å². The summed E-state index contributed by atoms with van der Waals surface area (Å²) in [6.45, 7) is -1.23. The lowest BCUT2D eigenvalue weighted by molar-refractivity contribution is -0.118. The molecule has 2 atom stereocenters. The summed E-state index contributed by atoms with van der Waals surface area (Å²) >= 11 is 4.75. The minimum absolute atomic E-state index is 0.170. The van der Waals surface area contributed by atoms with Gasteiger partial charge in [0, 0.05) is 29.9 Å². The summed E-state index contributed by atoms with van der Waals surface area (Å²) in [5.41, 5.74) is 1.73. The first-order chi connectivity index (χ1) is 12.7. The zero-order valence-electron chi connectivity index (χ0n) is 14.1. The Balaban J connectivity index is 1.82. The molecular weight excluding hydrogens is 386 g/mol. The molecule has 0 saturated carbocycles. The second-order valence-corrected chi connectivity index (χ2v) is 6.72. The number of hydrogen-bond acceptors (Lipinski definition) is 4. The topological polar surface area (TPSA) is 55.8 Å². The van der Waals surface area contributed by atoms with Gasteiger partial charge < -0.3 is 20.2 Å². The van der Waals surface area contributed by atoms with Crippen LogP contribution in [0.15, 0.2) is 23.9 Å². The number of alkyl halides is 4. The predicted octanol–water partition coefficient (Wildman–Crippen LogP) is 3.60. The third-order valence-electron chi connectivity index (χ3n) is 4.72. The fourth-order valence-electron chi connectivity index (χ4n) is 3.45. The van der Waals surface area contributed by atoms with Crippen LogP contribution in [0.25, 0.3) is 0 Å². The summed E-state index contributed by atoms with van der Waals surface area (Å²) in [6, 6.07) is 4.21. The van der Waals surface area contributed by atoms with Crippen molar-refractivity contribution in [3.63, 3.8) is 0 Å². The smallest absolute Gasteiger partial charge is 0.407 e. The summed E-state index contributed by atoms with van der Waals surface area (Å²) in [5, 5.41) is 14.4. The van der Waals surface area contributed by atoms with E-state index in [4.69, 9.17) is 17.3 Å². The summed E-state index contributed by atoms with van der Waals surface area (Å²) < 4.78 is 53.1. The molecule has 146 valence electrons. The number of amides is 1. The number of benzene rings is 1. The summed E-state index contributed by atoms with van der Waals surface area (Å²) in [4.78, 5) is 13.0. The van der Waals surface area contributed by atoms with Crippen molar-refractivity contribution < 1.29 is 27.5 Å². The average Bonchev–Trinajstić information content (AvgIpc) is 2.93. The van der Waals surface area contributed by atoms with Crippen molar-refractivity contribution >= 4 is 34.7 Å². The molecule has 1 saturated heterocycles. The van der Waals surface area contributed by atoms with Gasteiger partial charge in [-0.2, -0.15) is 13.2 Å². The third kappa shape index (κ3) is 4.17. The first-order valence-electron chi connectivity index (χ1n) is 8.28. The number of anilines is 2. The van der Waals surface area contributed by atoms with E-state index in [9.17, 15) is 22.4 Å². The molecule has 3 rings (SSSR count). The lowest BCUT2D eigenvalue weighted by atomic mass is 10.0. The number of halogens is 4. The van der Waals surface area contributed by atoms with E-state index in [1.54, 1.807) is 18.2 Å². The van der Waals surface area contributed by atoms with Crippen molar-refractivity contribution in [3.05, 3.63) is 29.5 Å². The number of carbonyl (C=O) groups is 1. The largest absolute Gasteiger partial charge is 0.465 e. The number of carboxylic acid groups (broad SMARTS) is 1. The van der Waals surface area contributed by atoms with Gasteiger partial charge in [0.05, 0.1) is 18.3 Å². The molecule has 5 nitrogen and oxygen atoms in total. The minimum atomic E-state index is -4.41. The normalized spacial score (nSPS) is 22.4. The lowest BCUT2D eigenvalue weighted by Crippen LogP contribution is -2.49. The van der Waals surface area contributed by atoms with Gasteiger partial charge in [-0.05, 0) is 35.8 Å². The van der Waals surface area contributed by atoms with Crippen LogP contribution in [0.2, 0.25) is 0 Å². The van der Waals surface area contributed by atoms with Crippen molar-refractivity contribution in [1.29, 1.82) is 0 Å². The maximum absolute atomic E-state index is 14.4. The van der Waals surface area contributed by atoms with Crippen LogP contribution in [0.4, 0.5) is 33.7 Å². The van der Waals surface area contributed by atoms with E-state index < -0.39 is 31.0 Å². The maximum atomic E-state index is 14.4. The Bertz CT molecular complexity index is 795. The Morgan fingerprint density at radius 3 is 2.74 bits per heavy atom. The maximum Gasteiger partial charge on any atom is 0.407 e. The van der Waals surface area contributed by atoms with E-state index in [0.717, 1.165) is 9.80 Å². The van der Waals surface area contributed by atoms with Gasteiger partial charge in [-0.25, -0.2) is 9.18 Å². The van der Waals surface area contributed by atoms with Gasteiger partial charge in [-0.15, -0.1) is 0 Å². The number of fused-ring (bicyclic) bond motifs is 1. The van der Waals surface area contributed by atoms with Crippen LogP contribution in [0.1, 0.15) is 12.0 Å². The second-order valence-electron chi connectivity index (χ2n) is 6.51. The quantitative estimate of drug-likeness (QED) is 0.597. The zero-order chi connectivity index (χ0) is 19.8. The molecule has 0 aromatic heterocycles. The number of piperidine rings is 1. The highest BCUT2D eigenvalue weighted by molar-refractivity contribution is 7.78. The molecule has 2 N–H and O–H groups in total. The van der Waals surface area contributed by atoms with Crippen LogP contribution in [-0.2, 0) is 6.42 Å². The van der Waals surface area contributed by atoms with Crippen molar-refractivity contribution in [1.82, 2.24) is 4.90 Å². The van der Waals surface area contributed by atoms with E-state index in [1.165, 1.54) is 0 Å². The molecular formula is C17H17F4N3O2S. The molecule has 1 amide bonds. The Morgan fingerprint density at radius 2 is 2.15 bits per heavy atom. The number of nitrogens with one attached hydrogen (secondary N) is 1. The molecule has 27 heavy (non-hydrogen) atoms. The van der Waals surface area contributed by atoms with E-state index in [2.05, 4.69) is 10.3 Å². The number of nitrogens with zero attached hydrogens (tertiary/aromatic N) is 2. The van der Waals surface area contributed by atoms with Crippen LogP contribution in [0.5, 0.6) is 0 Å². The van der Waals surface area contributed by atoms with Gasteiger partial charge in [-0.3, -0.25) is 0 Å². The Hall–Kier alpha value is -2.32. The first-order valence-corrected chi connectivity index (χ1v) is 8.69. The number of hydrogen-bond donors (Lipinski definition) is 2. The van der Waals surface area contributed by atoms with Crippen LogP contribution in [-0.4, -0.2) is 59.1 Å². The van der Waals surface area contributed by atoms with Gasteiger partial charge in [0.1, 0.15) is 12.7 Å². The Labute approximate surface area is 158 Å². The van der Waals surface area contributed by atoms with Gasteiger partial charge in [0.15, 0.2) is 0 Å². The molecule has 0 spiro atoms. The van der Waals surface area contributed by atoms with Gasteiger partial charge in [0.2, 0.25) is 0 Å². The monoisotopic (exact) mass is 403 g/mol. The van der Waals surface area contributed by atoms with Gasteiger partial charge in [0.25, 0.3) is 0 Å². The average molecular weight is 403 g/mol. The molecule has 0 unspecified atom stereocenters. The predicted molar refractivity (Wildman–Crippen MR) is 96.2 cm³/mol. The molecule has 2 aliphatic rings. The second kappa shape index (κ2) is 7.36. The van der Waals surface area contributed by atoms with E-state index in [-0.39, 0.29) is 31.6 Å². The number of rotatable bonds is 3. The first kappa shape index (κ1) is 19.4. The van der Waals surface area contributed by atoms with Gasteiger partial charge >= 0.3 is 12.3 Å². The number of likely N-dealkylation sites (tertiary alicyclic amines) is 1. The molecule has 0 bridgehead atoms. The van der Waals surface area contributed by atoms with Crippen LogP contribution in [0.3, 0.4) is 0 Å². The lowest BCUT2D eigenvalue weighted by Gasteiger charge is -2.34. The molecule has 0 radical (unpaired) electrons. The van der Waals surface area contributed by atoms with Crippen molar-refractivity contribution in [3.8, 4) is 0 Å². The summed E-state index contributed by atoms with van der Waals surface area (Å²) in [6.07, 6.45) is -6.56. The highest BCUT2D eigenvalue weighted by Gasteiger charge is 2.38. The molecule has 1 aromatic rings. The van der Waals surface area contributed by atoms with E-state index in [0.29, 0.717) is 16.9 Å². The Morgan fingerprint density at radius 1 is 1.41 bits per heavy atom. The fourth-order valence-corrected chi connectivity index (χ4v) is 3.63.